The fourth-order valence-corrected chi connectivity index (χ4v) is 4.81. The third-order valence-corrected chi connectivity index (χ3v) is 7.79. The van der Waals surface area contributed by atoms with E-state index >= 15 is 0 Å². The Balaban J connectivity index is 4.70. The molecular formula is C33H63N2O6P. The molecule has 0 aromatic carbocycles. The quantitative estimate of drug-likeness (QED) is 0.0426. The van der Waals surface area contributed by atoms with E-state index in [4.69, 9.17) is 9.05 Å². The molecule has 246 valence electrons. The molecule has 0 bridgehead atoms. The smallest absolute Gasteiger partial charge is 0.268 e. The molecule has 42 heavy (non-hydrogen) atoms. The van der Waals surface area contributed by atoms with Crippen LogP contribution in [0.2, 0.25) is 0 Å². The summed E-state index contributed by atoms with van der Waals surface area (Å²) in [5.74, 6) is -0.225. The van der Waals surface area contributed by atoms with Gasteiger partial charge in [-0.15, -0.1) is 0 Å². The van der Waals surface area contributed by atoms with Crippen LogP contribution in [0.25, 0.3) is 0 Å². The highest BCUT2D eigenvalue weighted by atomic mass is 31.2. The van der Waals surface area contributed by atoms with Gasteiger partial charge in [0.05, 0.1) is 39.9 Å². The lowest BCUT2D eigenvalue weighted by atomic mass is 10.1. The van der Waals surface area contributed by atoms with E-state index in [1.54, 1.807) is 6.08 Å². The number of unbranched alkanes of at least 4 members (excludes halogenated alkanes) is 11. The van der Waals surface area contributed by atoms with Crippen molar-refractivity contribution in [1.29, 1.82) is 0 Å². The summed E-state index contributed by atoms with van der Waals surface area (Å²) in [7, 11) is 1.23. The first-order chi connectivity index (χ1) is 20.0. The highest BCUT2D eigenvalue weighted by molar-refractivity contribution is 7.45. The molecule has 0 saturated carbocycles. The summed E-state index contributed by atoms with van der Waals surface area (Å²) in [6.45, 7) is 4.47. The molecule has 0 radical (unpaired) electrons. The van der Waals surface area contributed by atoms with Crippen molar-refractivity contribution < 1.29 is 32.9 Å². The minimum atomic E-state index is -4.58. The Bertz CT molecular complexity index is 794. The van der Waals surface area contributed by atoms with E-state index in [1.807, 2.05) is 27.2 Å². The van der Waals surface area contributed by atoms with Gasteiger partial charge < -0.3 is 28.8 Å². The SMILES string of the molecule is CCCC/C=C\CCCCCCCC(=O)NC(COP(=O)([O-])OCC[N+](C)(C)C)C(O)/C=C/CC/C=C/CCCCC. The van der Waals surface area contributed by atoms with Crippen LogP contribution in [0, 0.1) is 0 Å². The molecule has 0 aromatic heterocycles. The Morgan fingerprint density at radius 3 is 2.00 bits per heavy atom. The largest absolute Gasteiger partial charge is 0.756 e. The number of allylic oxidation sites excluding steroid dienone is 5. The number of nitrogens with one attached hydrogen (secondary N) is 1. The number of amides is 1. The monoisotopic (exact) mass is 614 g/mol. The highest BCUT2D eigenvalue weighted by Crippen LogP contribution is 2.38. The van der Waals surface area contributed by atoms with Crippen LogP contribution < -0.4 is 10.2 Å². The third kappa shape index (κ3) is 27.5. The van der Waals surface area contributed by atoms with Crippen molar-refractivity contribution >= 4 is 13.7 Å². The van der Waals surface area contributed by atoms with Crippen molar-refractivity contribution in [2.24, 2.45) is 0 Å². The van der Waals surface area contributed by atoms with E-state index in [0.717, 1.165) is 64.2 Å². The summed E-state index contributed by atoms with van der Waals surface area (Å²) in [4.78, 5) is 24.9. The van der Waals surface area contributed by atoms with Gasteiger partial charge in [-0.1, -0.05) is 95.2 Å². The number of rotatable bonds is 28. The lowest BCUT2D eigenvalue weighted by Gasteiger charge is -2.29. The minimum absolute atomic E-state index is 0.00906. The maximum absolute atomic E-state index is 12.6. The normalized spacial score (nSPS) is 15.5. The van der Waals surface area contributed by atoms with Gasteiger partial charge in [-0.3, -0.25) is 9.36 Å². The first-order valence-electron chi connectivity index (χ1n) is 16.4. The van der Waals surface area contributed by atoms with Crippen LogP contribution in [0.5, 0.6) is 0 Å². The van der Waals surface area contributed by atoms with E-state index in [9.17, 15) is 19.4 Å². The van der Waals surface area contributed by atoms with E-state index in [-0.39, 0.29) is 12.5 Å². The van der Waals surface area contributed by atoms with Crippen LogP contribution in [0.3, 0.4) is 0 Å². The van der Waals surface area contributed by atoms with Gasteiger partial charge in [-0.05, 0) is 51.4 Å². The predicted octanol–water partition coefficient (Wildman–Crippen LogP) is 6.99. The van der Waals surface area contributed by atoms with Gasteiger partial charge in [0, 0.05) is 6.42 Å². The number of likely N-dealkylation sites (N-methyl/N-ethyl adjacent to an activating group) is 1. The fourth-order valence-electron chi connectivity index (χ4n) is 4.09. The average molecular weight is 615 g/mol. The summed E-state index contributed by atoms with van der Waals surface area (Å²) in [5.41, 5.74) is 0. The van der Waals surface area contributed by atoms with Gasteiger partial charge in [0.15, 0.2) is 0 Å². The van der Waals surface area contributed by atoms with Crippen LogP contribution in [0.4, 0.5) is 0 Å². The number of aliphatic hydroxyl groups excluding tert-OH is 1. The summed E-state index contributed by atoms with van der Waals surface area (Å²) >= 11 is 0. The Labute approximate surface area is 257 Å². The number of quaternary nitrogens is 1. The molecular weight excluding hydrogens is 551 g/mol. The molecule has 8 nitrogen and oxygen atoms in total. The molecule has 2 N–H and O–H groups in total. The average Bonchev–Trinajstić information content (AvgIpc) is 2.92. The maximum atomic E-state index is 12.6. The van der Waals surface area contributed by atoms with E-state index in [1.165, 1.54) is 32.1 Å². The Morgan fingerprint density at radius 1 is 0.810 bits per heavy atom. The number of phosphoric ester groups is 1. The van der Waals surface area contributed by atoms with Crippen LogP contribution in [0.15, 0.2) is 36.5 Å². The van der Waals surface area contributed by atoms with E-state index in [2.05, 4.69) is 43.5 Å². The van der Waals surface area contributed by atoms with Crippen molar-refractivity contribution in [3.8, 4) is 0 Å². The van der Waals surface area contributed by atoms with Gasteiger partial charge in [-0.2, -0.15) is 0 Å². The topological polar surface area (TPSA) is 108 Å². The second-order valence-electron chi connectivity index (χ2n) is 12.1. The molecule has 9 heteroatoms. The predicted molar refractivity (Wildman–Crippen MR) is 173 cm³/mol. The lowest BCUT2D eigenvalue weighted by molar-refractivity contribution is -0.870. The van der Waals surface area contributed by atoms with Crippen LogP contribution in [-0.4, -0.2) is 68.5 Å². The number of aliphatic hydroxyl groups is 1. The van der Waals surface area contributed by atoms with Gasteiger partial charge >= 0.3 is 0 Å². The molecule has 0 aliphatic rings. The maximum Gasteiger partial charge on any atom is 0.268 e. The molecule has 1 amide bonds. The molecule has 0 saturated heterocycles. The molecule has 3 atom stereocenters. The molecule has 0 rings (SSSR count). The zero-order valence-electron chi connectivity index (χ0n) is 27.4. The number of hydrogen-bond donors (Lipinski definition) is 2. The van der Waals surface area contributed by atoms with Crippen molar-refractivity contribution in [2.45, 2.75) is 129 Å². The molecule has 0 aliphatic heterocycles. The second kappa shape index (κ2) is 26.2. The van der Waals surface area contributed by atoms with E-state index in [0.29, 0.717) is 17.4 Å². The van der Waals surface area contributed by atoms with Crippen LogP contribution >= 0.6 is 7.82 Å². The Hall–Kier alpha value is -1.28. The summed E-state index contributed by atoms with van der Waals surface area (Å²) < 4.78 is 22.9. The summed E-state index contributed by atoms with van der Waals surface area (Å²) in [6.07, 6.45) is 27.7. The number of carbonyl (C=O) groups is 1. The molecule has 0 spiro atoms. The molecule has 0 fully saturated rings. The first-order valence-corrected chi connectivity index (χ1v) is 17.8. The molecule has 0 aromatic rings. The number of phosphoric acid groups is 1. The van der Waals surface area contributed by atoms with Gasteiger partial charge in [0.2, 0.25) is 5.91 Å². The lowest BCUT2D eigenvalue weighted by Crippen LogP contribution is -2.45. The van der Waals surface area contributed by atoms with Crippen LogP contribution in [-0.2, 0) is 18.4 Å². The van der Waals surface area contributed by atoms with Gasteiger partial charge in [0.1, 0.15) is 13.2 Å². The summed E-state index contributed by atoms with van der Waals surface area (Å²) in [6, 6.07) is -0.901. The Kier molecular flexibility index (Phi) is 25.4. The summed E-state index contributed by atoms with van der Waals surface area (Å²) in [5, 5.41) is 13.5. The third-order valence-electron chi connectivity index (χ3n) is 6.82. The number of nitrogens with zero attached hydrogens (tertiary/aromatic N) is 1. The van der Waals surface area contributed by atoms with Crippen molar-refractivity contribution in [3.05, 3.63) is 36.5 Å². The Morgan fingerprint density at radius 2 is 1.36 bits per heavy atom. The standard InChI is InChI=1S/C33H63N2O6P/c1-6-8-10-12-14-16-17-19-21-23-25-27-33(37)34-31(30-41-42(38,39)40-29-28-35(3,4)5)32(36)26-24-22-20-18-15-13-11-9-7-2/h12,14-15,18,24,26,31-32,36H,6-11,13,16-17,19-23,25,27-30H2,1-5H3,(H-,34,37,38,39)/b14-12-,18-15+,26-24+. The van der Waals surface area contributed by atoms with Crippen molar-refractivity contribution in [2.75, 3.05) is 40.9 Å². The highest BCUT2D eigenvalue weighted by Gasteiger charge is 2.23. The van der Waals surface area contributed by atoms with Crippen molar-refractivity contribution in [1.82, 2.24) is 5.32 Å². The zero-order valence-corrected chi connectivity index (χ0v) is 28.3. The molecule has 0 aliphatic carbocycles. The number of carbonyl (C=O) groups excluding carboxylic acids is 1. The second-order valence-corrected chi connectivity index (χ2v) is 13.6. The molecule has 0 heterocycles. The van der Waals surface area contributed by atoms with Gasteiger partial charge in [-0.25, -0.2) is 0 Å². The molecule has 3 unspecified atom stereocenters. The zero-order chi connectivity index (χ0) is 31.5. The van der Waals surface area contributed by atoms with E-state index < -0.39 is 26.6 Å². The first kappa shape index (κ1) is 40.7. The van der Waals surface area contributed by atoms with Crippen molar-refractivity contribution in [3.63, 3.8) is 0 Å². The minimum Gasteiger partial charge on any atom is -0.756 e. The number of hydrogen-bond acceptors (Lipinski definition) is 6. The van der Waals surface area contributed by atoms with Gasteiger partial charge in [0.25, 0.3) is 7.82 Å². The fraction of sp³-hybridized carbons (Fsp3) is 0.788. The van der Waals surface area contributed by atoms with Crippen LogP contribution in [0.1, 0.15) is 117 Å².